The second-order valence-electron chi connectivity index (χ2n) is 6.64. The fraction of sp³-hybridized carbons (Fsp3) is 0.650. The average molecular weight is 525 g/mol. The molecule has 0 radical (unpaired) electrons. The van der Waals surface area contributed by atoms with E-state index in [1.165, 1.54) is 12.1 Å². The van der Waals surface area contributed by atoms with Gasteiger partial charge in [-0.25, -0.2) is 4.39 Å². The van der Waals surface area contributed by atoms with Crippen LogP contribution in [0.15, 0.2) is 29.3 Å². The molecule has 160 valence electrons. The second-order valence-corrected chi connectivity index (χ2v) is 8.37. The van der Waals surface area contributed by atoms with Gasteiger partial charge >= 0.3 is 0 Å². The van der Waals surface area contributed by atoms with Gasteiger partial charge in [0.1, 0.15) is 17.7 Å². The fourth-order valence-corrected chi connectivity index (χ4v) is 4.34. The third-order valence-electron chi connectivity index (χ3n) is 4.71. The molecule has 1 aromatic carbocycles. The van der Waals surface area contributed by atoms with Crippen LogP contribution in [-0.2, 0) is 4.74 Å². The summed E-state index contributed by atoms with van der Waals surface area (Å²) >= 11 is 2.00. The van der Waals surface area contributed by atoms with Gasteiger partial charge < -0.3 is 20.1 Å². The lowest BCUT2D eigenvalue weighted by atomic mass is 9.99. The highest BCUT2D eigenvalue weighted by atomic mass is 127. The Kier molecular flexibility index (Phi) is 12.2. The molecule has 1 unspecified atom stereocenters. The molecule has 0 bridgehead atoms. The van der Waals surface area contributed by atoms with Crippen molar-refractivity contribution in [3.63, 3.8) is 0 Å². The molecule has 1 fully saturated rings. The molecule has 8 heteroatoms. The zero-order valence-electron chi connectivity index (χ0n) is 17.0. The number of halogens is 2. The molecule has 2 N–H and O–H groups in total. The highest BCUT2D eigenvalue weighted by Crippen LogP contribution is 2.34. The summed E-state index contributed by atoms with van der Waals surface area (Å²) in [4.78, 5) is 4.33. The van der Waals surface area contributed by atoms with Gasteiger partial charge in [0.05, 0.1) is 6.54 Å². The van der Waals surface area contributed by atoms with Crippen molar-refractivity contribution in [1.82, 2.24) is 10.6 Å². The summed E-state index contributed by atoms with van der Waals surface area (Å²) in [6, 6.07) is 6.25. The SMILES string of the molecule is CCSC1(CNC(=NC)NCC(CC)Oc2cccc(F)c2)CCOCC1.I. The molecule has 1 heterocycles. The molecule has 0 aliphatic carbocycles. The summed E-state index contributed by atoms with van der Waals surface area (Å²) in [5.74, 6) is 2.11. The third kappa shape index (κ3) is 8.32. The predicted molar refractivity (Wildman–Crippen MR) is 127 cm³/mol. The minimum Gasteiger partial charge on any atom is -0.489 e. The van der Waals surface area contributed by atoms with E-state index in [1.54, 1.807) is 19.2 Å². The molecule has 1 aliphatic rings. The minimum absolute atomic E-state index is 0. The zero-order valence-corrected chi connectivity index (χ0v) is 20.1. The van der Waals surface area contributed by atoms with Crippen molar-refractivity contribution in [2.24, 2.45) is 4.99 Å². The Bertz CT molecular complexity index is 595. The van der Waals surface area contributed by atoms with Crippen LogP contribution in [0, 0.1) is 5.82 Å². The smallest absolute Gasteiger partial charge is 0.191 e. The molecule has 1 aliphatic heterocycles. The standard InChI is InChI=1S/C20H32FN3O2S.HI/c1-4-17(26-18-8-6-7-16(21)13-18)14-23-19(22-3)24-15-20(27-5-2)9-11-25-12-10-20;/h6-8,13,17H,4-5,9-12,14-15H2,1-3H3,(H2,22,23,24);1H. The molecule has 0 aromatic heterocycles. The van der Waals surface area contributed by atoms with E-state index in [9.17, 15) is 4.39 Å². The van der Waals surface area contributed by atoms with Crippen LogP contribution in [0.25, 0.3) is 0 Å². The maximum atomic E-state index is 13.3. The van der Waals surface area contributed by atoms with E-state index in [1.807, 2.05) is 11.8 Å². The minimum atomic E-state index is -0.289. The van der Waals surface area contributed by atoms with Gasteiger partial charge in [0.15, 0.2) is 5.96 Å². The first-order valence-electron chi connectivity index (χ1n) is 9.69. The first-order valence-corrected chi connectivity index (χ1v) is 10.7. The zero-order chi connectivity index (χ0) is 19.5. The van der Waals surface area contributed by atoms with Crippen molar-refractivity contribution in [3.8, 4) is 5.75 Å². The Morgan fingerprint density at radius 1 is 1.32 bits per heavy atom. The molecule has 0 saturated carbocycles. The summed E-state index contributed by atoms with van der Waals surface area (Å²) < 4.78 is 25.0. The van der Waals surface area contributed by atoms with E-state index < -0.39 is 0 Å². The Morgan fingerprint density at radius 2 is 2.07 bits per heavy atom. The number of hydrogen-bond donors (Lipinski definition) is 2. The summed E-state index contributed by atoms with van der Waals surface area (Å²) in [6.45, 7) is 7.35. The summed E-state index contributed by atoms with van der Waals surface area (Å²) in [7, 11) is 1.77. The lowest BCUT2D eigenvalue weighted by Gasteiger charge is -2.37. The van der Waals surface area contributed by atoms with Gasteiger partial charge in [-0.1, -0.05) is 19.9 Å². The van der Waals surface area contributed by atoms with Crippen molar-refractivity contribution in [3.05, 3.63) is 30.1 Å². The van der Waals surface area contributed by atoms with Crippen LogP contribution in [0.3, 0.4) is 0 Å². The largest absolute Gasteiger partial charge is 0.489 e. The molecule has 28 heavy (non-hydrogen) atoms. The lowest BCUT2D eigenvalue weighted by Crippen LogP contribution is -2.49. The number of benzene rings is 1. The van der Waals surface area contributed by atoms with Crippen LogP contribution in [-0.4, -0.2) is 55.9 Å². The Labute approximate surface area is 189 Å². The van der Waals surface area contributed by atoms with Gasteiger partial charge in [0.25, 0.3) is 0 Å². The highest BCUT2D eigenvalue weighted by molar-refractivity contribution is 14.0. The quantitative estimate of drug-likeness (QED) is 0.289. The van der Waals surface area contributed by atoms with Gasteiger partial charge in [0.2, 0.25) is 0 Å². The maximum absolute atomic E-state index is 13.3. The normalized spacial score (nSPS) is 17.4. The van der Waals surface area contributed by atoms with Crippen molar-refractivity contribution in [2.45, 2.75) is 44.0 Å². The van der Waals surface area contributed by atoms with E-state index in [0.717, 1.165) is 50.7 Å². The van der Waals surface area contributed by atoms with Gasteiger partial charge in [-0.2, -0.15) is 11.8 Å². The van der Waals surface area contributed by atoms with Crippen LogP contribution in [0.1, 0.15) is 33.1 Å². The molecular formula is C20H33FIN3O2S. The number of guanidine groups is 1. The van der Waals surface area contributed by atoms with E-state index in [2.05, 4.69) is 29.5 Å². The fourth-order valence-electron chi connectivity index (χ4n) is 3.10. The van der Waals surface area contributed by atoms with Gasteiger partial charge in [-0.05, 0) is 37.1 Å². The van der Waals surface area contributed by atoms with Crippen LogP contribution in [0.2, 0.25) is 0 Å². The van der Waals surface area contributed by atoms with Crippen LogP contribution in [0.5, 0.6) is 5.75 Å². The highest BCUT2D eigenvalue weighted by Gasteiger charge is 2.32. The third-order valence-corrected chi connectivity index (χ3v) is 6.16. The molecule has 5 nitrogen and oxygen atoms in total. The molecule has 2 rings (SSSR count). The topological polar surface area (TPSA) is 54.9 Å². The number of nitrogens with zero attached hydrogens (tertiary/aromatic N) is 1. The Morgan fingerprint density at radius 3 is 2.68 bits per heavy atom. The van der Waals surface area contributed by atoms with Crippen molar-refractivity contribution in [2.75, 3.05) is 39.1 Å². The number of hydrogen-bond acceptors (Lipinski definition) is 4. The number of ether oxygens (including phenoxy) is 2. The Balaban J connectivity index is 0.00000392. The van der Waals surface area contributed by atoms with Crippen LogP contribution < -0.4 is 15.4 Å². The number of thioether (sulfide) groups is 1. The molecule has 1 atom stereocenters. The molecular weight excluding hydrogens is 492 g/mol. The van der Waals surface area contributed by atoms with E-state index in [-0.39, 0.29) is 40.6 Å². The molecule has 0 amide bonds. The summed E-state index contributed by atoms with van der Waals surface area (Å²) in [6.07, 6.45) is 2.85. The van der Waals surface area contributed by atoms with Crippen molar-refractivity contribution >= 4 is 41.7 Å². The number of rotatable bonds is 9. The summed E-state index contributed by atoms with van der Waals surface area (Å²) in [5.41, 5.74) is 0. The first-order chi connectivity index (χ1) is 13.1. The van der Waals surface area contributed by atoms with E-state index in [0.29, 0.717) is 12.3 Å². The lowest BCUT2D eigenvalue weighted by molar-refractivity contribution is 0.0782. The second kappa shape index (κ2) is 13.5. The maximum Gasteiger partial charge on any atom is 0.191 e. The van der Waals surface area contributed by atoms with Crippen LogP contribution >= 0.6 is 35.7 Å². The van der Waals surface area contributed by atoms with E-state index in [4.69, 9.17) is 9.47 Å². The van der Waals surface area contributed by atoms with Crippen molar-refractivity contribution < 1.29 is 13.9 Å². The summed E-state index contributed by atoms with van der Waals surface area (Å²) in [5, 5.41) is 6.80. The molecule has 1 saturated heterocycles. The average Bonchev–Trinajstić information content (AvgIpc) is 2.68. The van der Waals surface area contributed by atoms with E-state index >= 15 is 0 Å². The molecule has 1 aromatic rings. The number of nitrogens with one attached hydrogen (secondary N) is 2. The van der Waals surface area contributed by atoms with Gasteiger partial charge in [-0.3, -0.25) is 4.99 Å². The number of aliphatic imine (C=N–C) groups is 1. The monoisotopic (exact) mass is 525 g/mol. The predicted octanol–water partition coefficient (Wildman–Crippen LogP) is 4.07. The van der Waals surface area contributed by atoms with Crippen molar-refractivity contribution in [1.29, 1.82) is 0 Å². The Hall–Kier alpha value is -0.740. The van der Waals surface area contributed by atoms with Gasteiger partial charge in [-0.15, -0.1) is 24.0 Å². The molecule has 0 spiro atoms. The van der Waals surface area contributed by atoms with Gasteiger partial charge in [0, 0.05) is 37.6 Å². The van der Waals surface area contributed by atoms with Crippen LogP contribution in [0.4, 0.5) is 4.39 Å². The first kappa shape index (κ1) is 25.3.